The van der Waals surface area contributed by atoms with E-state index < -0.39 is 0 Å². The van der Waals surface area contributed by atoms with Gasteiger partial charge in [0, 0.05) is 39.1 Å². The molecule has 3 aromatic carbocycles. The Hall–Kier alpha value is -2.89. The standard InChI is InChI=1S/C23H17Cl2FN2O2/c24-17-11-18(25)13-20(12-17)27-22(29)16-5-8-21-15(10-16)2-1-9-28(21)23(30)14-3-6-19(26)7-4-14/h3-8,10-13H,1-2,9H2,(H,27,29). The first-order valence-corrected chi connectivity index (χ1v) is 10.1. The molecule has 0 aromatic heterocycles. The maximum Gasteiger partial charge on any atom is 0.258 e. The lowest BCUT2D eigenvalue weighted by Gasteiger charge is -2.30. The quantitative estimate of drug-likeness (QED) is 0.542. The van der Waals surface area contributed by atoms with Crippen LogP contribution in [0.2, 0.25) is 10.0 Å². The van der Waals surface area contributed by atoms with Crippen molar-refractivity contribution in [1.29, 1.82) is 0 Å². The van der Waals surface area contributed by atoms with Gasteiger partial charge in [0.05, 0.1) is 0 Å². The van der Waals surface area contributed by atoms with E-state index >= 15 is 0 Å². The Morgan fingerprint density at radius 1 is 0.900 bits per heavy atom. The van der Waals surface area contributed by atoms with E-state index in [1.165, 1.54) is 24.3 Å². The molecule has 0 radical (unpaired) electrons. The maximum atomic E-state index is 13.2. The van der Waals surface area contributed by atoms with Gasteiger partial charge in [0.15, 0.2) is 0 Å². The van der Waals surface area contributed by atoms with Crippen molar-refractivity contribution in [3.05, 3.63) is 93.2 Å². The van der Waals surface area contributed by atoms with Crippen LogP contribution in [-0.2, 0) is 6.42 Å². The number of nitrogens with zero attached hydrogens (tertiary/aromatic N) is 1. The monoisotopic (exact) mass is 442 g/mol. The smallest absolute Gasteiger partial charge is 0.258 e. The molecule has 1 N–H and O–H groups in total. The van der Waals surface area contributed by atoms with E-state index in [1.54, 1.807) is 41.3 Å². The average Bonchev–Trinajstić information content (AvgIpc) is 2.72. The highest BCUT2D eigenvalue weighted by molar-refractivity contribution is 6.35. The molecule has 1 aliphatic rings. The molecule has 0 saturated heterocycles. The molecule has 1 heterocycles. The summed E-state index contributed by atoms with van der Waals surface area (Å²) < 4.78 is 13.2. The number of amides is 2. The second-order valence-corrected chi connectivity index (χ2v) is 7.90. The lowest BCUT2D eigenvalue weighted by atomic mass is 9.98. The summed E-state index contributed by atoms with van der Waals surface area (Å²) in [6.07, 6.45) is 1.53. The van der Waals surface area contributed by atoms with Crippen molar-refractivity contribution in [3.8, 4) is 0 Å². The molecule has 4 rings (SSSR count). The zero-order chi connectivity index (χ0) is 21.3. The second-order valence-electron chi connectivity index (χ2n) is 7.02. The summed E-state index contributed by atoms with van der Waals surface area (Å²) >= 11 is 12.0. The minimum atomic E-state index is -0.387. The highest BCUT2D eigenvalue weighted by Crippen LogP contribution is 2.30. The van der Waals surface area contributed by atoms with E-state index in [2.05, 4.69) is 5.32 Å². The number of halogens is 3. The fourth-order valence-electron chi connectivity index (χ4n) is 3.53. The summed E-state index contributed by atoms with van der Waals surface area (Å²) in [5.41, 5.74) is 3.07. The number of rotatable bonds is 3. The third-order valence-electron chi connectivity index (χ3n) is 4.92. The molecule has 152 valence electrons. The number of benzene rings is 3. The molecular weight excluding hydrogens is 426 g/mol. The molecule has 4 nitrogen and oxygen atoms in total. The van der Waals surface area contributed by atoms with Crippen molar-refractivity contribution >= 4 is 46.4 Å². The van der Waals surface area contributed by atoms with Gasteiger partial charge in [-0.15, -0.1) is 0 Å². The largest absolute Gasteiger partial charge is 0.322 e. The molecular formula is C23H17Cl2FN2O2. The number of carbonyl (C=O) groups excluding carboxylic acids is 2. The van der Waals surface area contributed by atoms with E-state index in [9.17, 15) is 14.0 Å². The van der Waals surface area contributed by atoms with Gasteiger partial charge in [-0.1, -0.05) is 23.2 Å². The number of hydrogen-bond donors (Lipinski definition) is 1. The van der Waals surface area contributed by atoms with Gasteiger partial charge < -0.3 is 10.2 Å². The summed E-state index contributed by atoms with van der Waals surface area (Å²) in [6.45, 7) is 0.565. The number of carbonyl (C=O) groups is 2. The first-order chi connectivity index (χ1) is 14.4. The van der Waals surface area contributed by atoms with Gasteiger partial charge in [0.1, 0.15) is 5.82 Å². The van der Waals surface area contributed by atoms with Crippen LogP contribution >= 0.6 is 23.2 Å². The predicted molar refractivity (Wildman–Crippen MR) is 117 cm³/mol. The lowest BCUT2D eigenvalue weighted by Crippen LogP contribution is -2.35. The van der Waals surface area contributed by atoms with Crippen molar-refractivity contribution in [2.45, 2.75) is 12.8 Å². The van der Waals surface area contributed by atoms with Crippen molar-refractivity contribution in [1.82, 2.24) is 0 Å². The van der Waals surface area contributed by atoms with Gasteiger partial charge in [-0.2, -0.15) is 0 Å². The first-order valence-electron chi connectivity index (χ1n) is 9.38. The second kappa shape index (κ2) is 8.46. The first kappa shape index (κ1) is 20.4. The Morgan fingerprint density at radius 2 is 1.57 bits per heavy atom. The average molecular weight is 443 g/mol. The van der Waals surface area contributed by atoms with Crippen LogP contribution in [0.15, 0.2) is 60.7 Å². The molecule has 0 saturated carbocycles. The zero-order valence-corrected chi connectivity index (χ0v) is 17.3. The summed E-state index contributed by atoms with van der Waals surface area (Å²) in [6, 6.07) is 15.6. The van der Waals surface area contributed by atoms with E-state index in [0.717, 1.165) is 24.1 Å². The summed E-state index contributed by atoms with van der Waals surface area (Å²) in [7, 11) is 0. The third-order valence-corrected chi connectivity index (χ3v) is 5.35. The minimum absolute atomic E-state index is 0.193. The van der Waals surface area contributed by atoms with E-state index in [4.69, 9.17) is 23.2 Å². The normalized spacial score (nSPS) is 13.0. The minimum Gasteiger partial charge on any atom is -0.322 e. The predicted octanol–water partition coefficient (Wildman–Crippen LogP) is 5.98. The van der Waals surface area contributed by atoms with Crippen molar-refractivity contribution in [2.24, 2.45) is 0 Å². The van der Waals surface area contributed by atoms with Crippen LogP contribution in [0.5, 0.6) is 0 Å². The summed E-state index contributed by atoms with van der Waals surface area (Å²) in [4.78, 5) is 27.2. The van der Waals surface area contributed by atoms with Crippen molar-refractivity contribution in [2.75, 3.05) is 16.8 Å². The number of nitrogens with one attached hydrogen (secondary N) is 1. The highest BCUT2D eigenvalue weighted by atomic mass is 35.5. The van der Waals surface area contributed by atoms with Gasteiger partial charge in [-0.25, -0.2) is 4.39 Å². The number of fused-ring (bicyclic) bond motifs is 1. The number of aryl methyl sites for hydroxylation is 1. The van der Waals surface area contributed by atoms with Crippen LogP contribution in [0.25, 0.3) is 0 Å². The van der Waals surface area contributed by atoms with Crippen LogP contribution in [-0.4, -0.2) is 18.4 Å². The van der Waals surface area contributed by atoms with Crippen LogP contribution in [0, 0.1) is 5.82 Å². The fraction of sp³-hybridized carbons (Fsp3) is 0.130. The number of hydrogen-bond acceptors (Lipinski definition) is 2. The molecule has 0 bridgehead atoms. The number of anilines is 2. The molecule has 2 amide bonds. The van der Waals surface area contributed by atoms with Gasteiger partial charge in [0.2, 0.25) is 0 Å². The zero-order valence-electron chi connectivity index (χ0n) is 15.8. The molecule has 0 atom stereocenters. The summed E-state index contributed by atoms with van der Waals surface area (Å²) in [5, 5.41) is 3.65. The highest BCUT2D eigenvalue weighted by Gasteiger charge is 2.24. The Morgan fingerprint density at radius 3 is 2.27 bits per heavy atom. The van der Waals surface area contributed by atoms with Gasteiger partial charge >= 0.3 is 0 Å². The van der Waals surface area contributed by atoms with Gasteiger partial charge in [0.25, 0.3) is 11.8 Å². The molecule has 7 heteroatoms. The van der Waals surface area contributed by atoms with Crippen LogP contribution in [0.1, 0.15) is 32.7 Å². The van der Waals surface area contributed by atoms with Crippen LogP contribution in [0.4, 0.5) is 15.8 Å². The molecule has 3 aromatic rings. The molecule has 0 aliphatic carbocycles. The Balaban J connectivity index is 1.57. The lowest BCUT2D eigenvalue weighted by molar-refractivity contribution is 0.0984. The summed E-state index contributed by atoms with van der Waals surface area (Å²) in [5.74, 6) is -0.873. The van der Waals surface area contributed by atoms with Crippen molar-refractivity contribution in [3.63, 3.8) is 0 Å². The van der Waals surface area contributed by atoms with E-state index in [1.807, 2.05) is 0 Å². The third kappa shape index (κ3) is 4.32. The topological polar surface area (TPSA) is 49.4 Å². The molecule has 0 fully saturated rings. The molecule has 0 spiro atoms. The van der Waals surface area contributed by atoms with E-state index in [0.29, 0.717) is 33.4 Å². The Labute approximate surface area is 183 Å². The van der Waals surface area contributed by atoms with E-state index in [-0.39, 0.29) is 17.6 Å². The Bertz CT molecular complexity index is 1110. The molecule has 30 heavy (non-hydrogen) atoms. The SMILES string of the molecule is O=C(Nc1cc(Cl)cc(Cl)c1)c1ccc2c(c1)CCCN2C(=O)c1ccc(F)cc1. The van der Waals surface area contributed by atoms with Gasteiger partial charge in [-0.3, -0.25) is 9.59 Å². The molecule has 0 unspecified atom stereocenters. The maximum absolute atomic E-state index is 13.2. The molecule has 1 aliphatic heterocycles. The van der Waals surface area contributed by atoms with Gasteiger partial charge in [-0.05, 0) is 79.1 Å². The van der Waals surface area contributed by atoms with Crippen LogP contribution in [0.3, 0.4) is 0 Å². The fourth-order valence-corrected chi connectivity index (χ4v) is 4.05. The van der Waals surface area contributed by atoms with Crippen LogP contribution < -0.4 is 10.2 Å². The van der Waals surface area contributed by atoms with Crippen molar-refractivity contribution < 1.29 is 14.0 Å². The Kier molecular flexibility index (Phi) is 5.75.